The van der Waals surface area contributed by atoms with Gasteiger partial charge in [-0.1, -0.05) is 79.4 Å². The van der Waals surface area contributed by atoms with Crippen LogP contribution in [0.3, 0.4) is 0 Å². The average molecular weight is 628 g/mol. The number of rotatable bonds is 11. The van der Waals surface area contributed by atoms with E-state index in [0.717, 1.165) is 82.3 Å². The molecule has 0 radical (unpaired) electrons. The van der Waals surface area contributed by atoms with Gasteiger partial charge in [-0.2, -0.15) is 5.10 Å². The molecule has 8 heteroatoms. The van der Waals surface area contributed by atoms with E-state index in [4.69, 9.17) is 10.8 Å². The van der Waals surface area contributed by atoms with Crippen molar-refractivity contribution in [3.8, 4) is 23.1 Å². The van der Waals surface area contributed by atoms with Gasteiger partial charge >= 0.3 is 0 Å². The Morgan fingerprint density at radius 1 is 1.11 bits per heavy atom. The summed E-state index contributed by atoms with van der Waals surface area (Å²) in [7, 11) is 2.24. The van der Waals surface area contributed by atoms with Crippen LogP contribution in [0.4, 0.5) is 0 Å². The first kappa shape index (κ1) is 31.4. The van der Waals surface area contributed by atoms with Crippen molar-refractivity contribution in [1.82, 2.24) is 24.2 Å². The molecule has 0 bridgehead atoms. The standard InChI is InChI=1S/C38H41N7S/c1-5-29-16-12-17-30(33(29)25-43(4)32-19-20-32)13-10-7-11-22-44-24-28(23-41-44)18-21-34-26(2)35-36(31-14-8-6-9-15-31)42-38(40)45(27(3)39)37(35)46-34/h5-6,8-9,12,14-17,23-24,32,39-40H,1,7,10-11,13,19-20,22,25H2,2-4H3. The maximum atomic E-state index is 8.55. The van der Waals surface area contributed by atoms with E-state index >= 15 is 0 Å². The van der Waals surface area contributed by atoms with Crippen LogP contribution in [0.25, 0.3) is 27.6 Å². The summed E-state index contributed by atoms with van der Waals surface area (Å²) in [5.41, 5.74) is 7.79. The van der Waals surface area contributed by atoms with Crippen molar-refractivity contribution in [1.29, 1.82) is 10.8 Å². The lowest BCUT2D eigenvalue weighted by Gasteiger charge is -2.20. The third-order valence-electron chi connectivity index (χ3n) is 8.77. The molecule has 0 unspecified atom stereocenters. The number of hydrogen-bond donors (Lipinski definition) is 2. The van der Waals surface area contributed by atoms with Gasteiger partial charge < -0.3 is 0 Å². The molecule has 6 rings (SSSR count). The highest BCUT2D eigenvalue weighted by molar-refractivity contribution is 7.19. The molecule has 0 saturated heterocycles. The molecule has 46 heavy (non-hydrogen) atoms. The molecule has 5 aromatic rings. The summed E-state index contributed by atoms with van der Waals surface area (Å²) in [4.78, 5) is 8.83. The van der Waals surface area contributed by atoms with Crippen LogP contribution < -0.4 is 5.62 Å². The van der Waals surface area contributed by atoms with Crippen LogP contribution in [-0.4, -0.2) is 43.2 Å². The first-order valence-corrected chi connectivity index (χ1v) is 16.8. The third-order valence-corrected chi connectivity index (χ3v) is 9.97. The number of unbranched alkanes of at least 4 members (excludes halogenated alkanes) is 2. The van der Waals surface area contributed by atoms with Gasteiger partial charge in [0.05, 0.1) is 22.3 Å². The number of fused-ring (bicyclic) bond motifs is 1. The summed E-state index contributed by atoms with van der Waals surface area (Å²) < 4.78 is 3.58. The van der Waals surface area contributed by atoms with Crippen LogP contribution in [0.15, 0.2) is 67.5 Å². The molecule has 234 valence electrons. The second kappa shape index (κ2) is 13.8. The minimum Gasteiger partial charge on any atom is -0.299 e. The van der Waals surface area contributed by atoms with Gasteiger partial charge in [-0.15, -0.1) is 11.3 Å². The Bertz CT molecular complexity index is 2020. The fourth-order valence-corrected chi connectivity index (χ4v) is 7.31. The maximum Gasteiger partial charge on any atom is 0.229 e. The number of nitrogens with one attached hydrogen (secondary N) is 2. The van der Waals surface area contributed by atoms with Crippen molar-refractivity contribution < 1.29 is 0 Å². The van der Waals surface area contributed by atoms with Crippen molar-refractivity contribution >= 4 is 33.5 Å². The van der Waals surface area contributed by atoms with Gasteiger partial charge in [-0.3, -0.25) is 25.0 Å². The van der Waals surface area contributed by atoms with Crippen LogP contribution in [0.2, 0.25) is 0 Å². The summed E-state index contributed by atoms with van der Waals surface area (Å²) in [5.74, 6) is 6.93. The number of hydrogen-bond acceptors (Lipinski definition) is 6. The quantitative estimate of drug-likeness (QED) is 0.0683. The Balaban J connectivity index is 1.12. The van der Waals surface area contributed by atoms with Crippen LogP contribution in [0.5, 0.6) is 0 Å². The fraction of sp³-hybridized carbons (Fsp3) is 0.316. The average Bonchev–Trinajstić information content (AvgIpc) is 3.73. The van der Waals surface area contributed by atoms with Gasteiger partial charge in [0.25, 0.3) is 0 Å². The molecule has 0 atom stereocenters. The summed E-state index contributed by atoms with van der Waals surface area (Å²) in [6.45, 7) is 9.66. The zero-order valence-corrected chi connectivity index (χ0v) is 27.8. The van der Waals surface area contributed by atoms with Crippen molar-refractivity contribution in [2.45, 2.75) is 71.5 Å². The monoisotopic (exact) mass is 627 g/mol. The molecule has 0 spiro atoms. The number of nitrogens with zero attached hydrogens (tertiary/aromatic N) is 5. The topological polar surface area (TPSA) is 86.6 Å². The lowest BCUT2D eigenvalue weighted by molar-refractivity contribution is 0.315. The summed E-state index contributed by atoms with van der Waals surface area (Å²) in [6.07, 6.45) is 12.9. The number of aromatic nitrogens is 4. The van der Waals surface area contributed by atoms with Gasteiger partial charge in [0.1, 0.15) is 10.7 Å². The van der Waals surface area contributed by atoms with Gasteiger partial charge in [-0.05, 0) is 75.3 Å². The van der Waals surface area contributed by atoms with E-state index in [2.05, 4.69) is 65.6 Å². The molecule has 0 amide bonds. The van der Waals surface area contributed by atoms with E-state index in [-0.39, 0.29) is 11.5 Å². The molecule has 0 aliphatic heterocycles. The van der Waals surface area contributed by atoms with Crippen molar-refractivity contribution in [3.63, 3.8) is 0 Å². The Morgan fingerprint density at radius 3 is 2.65 bits per heavy atom. The van der Waals surface area contributed by atoms with E-state index < -0.39 is 0 Å². The lowest BCUT2D eigenvalue weighted by atomic mass is 9.96. The highest BCUT2D eigenvalue weighted by atomic mass is 32.1. The Labute approximate surface area is 275 Å². The fourth-order valence-electron chi connectivity index (χ4n) is 6.09. The maximum absolute atomic E-state index is 8.55. The second-order valence-electron chi connectivity index (χ2n) is 12.2. The van der Waals surface area contributed by atoms with E-state index in [9.17, 15) is 0 Å². The normalized spacial score (nSPS) is 12.8. The van der Waals surface area contributed by atoms with Crippen LogP contribution in [0, 0.1) is 29.6 Å². The van der Waals surface area contributed by atoms with Crippen LogP contribution in [-0.2, 0) is 19.5 Å². The molecule has 2 N–H and O–H groups in total. The van der Waals surface area contributed by atoms with Crippen LogP contribution >= 0.6 is 11.3 Å². The van der Waals surface area contributed by atoms with Crippen molar-refractivity contribution in [2.75, 3.05) is 7.05 Å². The van der Waals surface area contributed by atoms with Crippen molar-refractivity contribution in [2.24, 2.45) is 0 Å². The smallest absolute Gasteiger partial charge is 0.229 e. The predicted molar refractivity (Wildman–Crippen MR) is 189 cm³/mol. The Morgan fingerprint density at radius 2 is 1.91 bits per heavy atom. The third kappa shape index (κ3) is 6.81. The van der Waals surface area contributed by atoms with E-state index in [1.54, 1.807) is 11.5 Å². The second-order valence-corrected chi connectivity index (χ2v) is 13.2. The molecule has 3 heterocycles. The molecular weight excluding hydrogens is 587 g/mol. The van der Waals surface area contributed by atoms with E-state index in [1.807, 2.05) is 53.5 Å². The molecule has 1 aliphatic carbocycles. The van der Waals surface area contributed by atoms with Crippen molar-refractivity contribution in [3.05, 3.63) is 106 Å². The zero-order chi connectivity index (χ0) is 32.2. The first-order valence-electron chi connectivity index (χ1n) is 16.0. The minimum absolute atomic E-state index is 0.0489. The number of benzene rings is 2. The predicted octanol–water partition coefficient (Wildman–Crippen LogP) is 7.64. The van der Waals surface area contributed by atoms with Gasteiger partial charge in [0, 0.05) is 36.3 Å². The molecule has 1 aliphatic rings. The van der Waals surface area contributed by atoms with E-state index in [1.165, 1.54) is 40.9 Å². The Kier molecular flexibility index (Phi) is 9.43. The van der Waals surface area contributed by atoms with Gasteiger partial charge in [0.2, 0.25) is 5.62 Å². The highest BCUT2D eigenvalue weighted by Gasteiger charge is 2.26. The summed E-state index contributed by atoms with van der Waals surface area (Å²) in [5, 5.41) is 22.4. The van der Waals surface area contributed by atoms with Gasteiger partial charge in [-0.25, -0.2) is 4.98 Å². The first-order chi connectivity index (χ1) is 22.3. The summed E-state index contributed by atoms with van der Waals surface area (Å²) >= 11 is 1.51. The Hall–Kier alpha value is -4.58. The molecule has 1 saturated carbocycles. The molecule has 2 aromatic carbocycles. The minimum atomic E-state index is 0.0489. The number of aryl methyl sites for hydroxylation is 3. The largest absolute Gasteiger partial charge is 0.299 e. The number of thiophene rings is 1. The lowest BCUT2D eigenvalue weighted by Crippen LogP contribution is -2.27. The molecule has 1 fully saturated rings. The highest BCUT2D eigenvalue weighted by Crippen LogP contribution is 2.35. The van der Waals surface area contributed by atoms with Gasteiger partial charge in [0.15, 0.2) is 0 Å². The molecular formula is C38H41N7S. The molecule has 3 aromatic heterocycles. The zero-order valence-electron chi connectivity index (χ0n) is 26.9. The SMILES string of the molecule is C=Cc1cccc(CCCCCn2cc(C#Cc3sc4c(c(-c5ccccc5)nc(=N)n4C(C)=N)c3C)cn2)c1CN(C)C1CC1. The summed E-state index contributed by atoms with van der Waals surface area (Å²) in [6, 6.07) is 17.3. The van der Waals surface area contributed by atoms with E-state index in [0.29, 0.717) is 0 Å². The van der Waals surface area contributed by atoms with Crippen LogP contribution in [0.1, 0.15) is 71.7 Å². The molecule has 7 nitrogen and oxygen atoms in total.